The van der Waals surface area contributed by atoms with E-state index in [0.717, 1.165) is 35.7 Å². The summed E-state index contributed by atoms with van der Waals surface area (Å²) < 4.78 is 2.19. The molecule has 1 fully saturated rings. The molecule has 3 nitrogen and oxygen atoms in total. The van der Waals surface area contributed by atoms with E-state index in [4.69, 9.17) is 0 Å². The van der Waals surface area contributed by atoms with Crippen molar-refractivity contribution < 1.29 is 4.79 Å². The third kappa shape index (κ3) is 2.52. The summed E-state index contributed by atoms with van der Waals surface area (Å²) in [5, 5.41) is 2.99. The van der Waals surface area contributed by atoms with Gasteiger partial charge in [0.2, 0.25) is 5.91 Å². The largest absolute Gasteiger partial charge is 0.355 e. The van der Waals surface area contributed by atoms with E-state index in [2.05, 4.69) is 16.4 Å². The number of amides is 1. The van der Waals surface area contributed by atoms with Crippen LogP contribution in [0.3, 0.4) is 0 Å². The number of thiazole rings is 1. The molecule has 1 aliphatic heterocycles. The Balaban J connectivity index is 1.80. The van der Waals surface area contributed by atoms with E-state index in [0.29, 0.717) is 0 Å². The van der Waals surface area contributed by atoms with Crippen molar-refractivity contribution in [2.45, 2.75) is 28.9 Å². The lowest BCUT2D eigenvalue weighted by Crippen LogP contribution is -2.30. The predicted molar refractivity (Wildman–Crippen MR) is 76.1 cm³/mol. The third-order valence-corrected chi connectivity index (χ3v) is 5.40. The van der Waals surface area contributed by atoms with E-state index >= 15 is 0 Å². The third-order valence-electron chi connectivity index (χ3n) is 3.00. The summed E-state index contributed by atoms with van der Waals surface area (Å²) >= 11 is 3.28. The number of aromatic nitrogens is 1. The maximum absolute atomic E-state index is 11.9. The maximum Gasteiger partial charge on any atom is 0.233 e. The number of carbonyl (C=O) groups excluding carboxylic acids is 1. The highest BCUT2D eigenvalue weighted by molar-refractivity contribution is 8.02. The Hall–Kier alpha value is -1.07. The summed E-state index contributed by atoms with van der Waals surface area (Å²) in [6.07, 6.45) is 3.15. The second kappa shape index (κ2) is 5.28. The fourth-order valence-electron chi connectivity index (χ4n) is 2.05. The number of fused-ring (bicyclic) bond motifs is 1. The normalized spacial score (nSPS) is 20.7. The van der Waals surface area contributed by atoms with E-state index in [1.165, 1.54) is 4.70 Å². The van der Waals surface area contributed by atoms with Gasteiger partial charge in [0.05, 0.1) is 15.5 Å². The first-order chi connectivity index (χ1) is 8.83. The zero-order valence-electron chi connectivity index (χ0n) is 9.89. The number of benzene rings is 1. The van der Waals surface area contributed by atoms with Gasteiger partial charge in [0.1, 0.15) is 0 Å². The molecule has 18 heavy (non-hydrogen) atoms. The quantitative estimate of drug-likeness (QED) is 0.918. The van der Waals surface area contributed by atoms with Crippen LogP contribution in [0.4, 0.5) is 0 Å². The summed E-state index contributed by atoms with van der Waals surface area (Å²) in [5.74, 6) is 0.164. The Labute approximate surface area is 114 Å². The van der Waals surface area contributed by atoms with Crippen LogP contribution in [0.2, 0.25) is 0 Å². The van der Waals surface area contributed by atoms with Crippen LogP contribution in [0.1, 0.15) is 19.3 Å². The number of carbonyl (C=O) groups is 1. The van der Waals surface area contributed by atoms with Crippen molar-refractivity contribution in [1.29, 1.82) is 0 Å². The molecule has 94 valence electrons. The van der Waals surface area contributed by atoms with Crippen LogP contribution >= 0.6 is 23.1 Å². The molecule has 0 bridgehead atoms. The highest BCUT2D eigenvalue weighted by Gasteiger charge is 2.23. The van der Waals surface area contributed by atoms with E-state index < -0.39 is 0 Å². The summed E-state index contributed by atoms with van der Waals surface area (Å²) in [6.45, 7) is 0.815. The van der Waals surface area contributed by atoms with Gasteiger partial charge in [-0.2, -0.15) is 0 Å². The number of thioether (sulfide) groups is 1. The molecule has 1 aromatic heterocycles. The Morgan fingerprint density at radius 3 is 3.11 bits per heavy atom. The molecule has 1 saturated heterocycles. The Bertz CT molecular complexity index is 534. The van der Waals surface area contributed by atoms with E-state index in [1.807, 2.05) is 18.2 Å². The molecule has 1 amide bonds. The van der Waals surface area contributed by atoms with Gasteiger partial charge in [0, 0.05) is 6.54 Å². The molecule has 1 aliphatic rings. The molecule has 1 atom stereocenters. The number of nitrogens with one attached hydrogen (secondary N) is 1. The SMILES string of the molecule is O=C1NCCCC[C@H]1Sc1nc2ccccc2s1. The molecule has 2 aromatic rings. The fourth-order valence-corrected chi connectivity index (χ4v) is 4.42. The first-order valence-electron chi connectivity index (χ1n) is 6.13. The van der Waals surface area contributed by atoms with Gasteiger partial charge < -0.3 is 5.32 Å². The Kier molecular flexibility index (Phi) is 3.52. The summed E-state index contributed by atoms with van der Waals surface area (Å²) in [5.41, 5.74) is 1.03. The Morgan fingerprint density at radius 1 is 1.33 bits per heavy atom. The molecule has 0 radical (unpaired) electrons. The molecule has 3 rings (SSSR count). The van der Waals surface area contributed by atoms with Crippen LogP contribution in [0.25, 0.3) is 10.2 Å². The summed E-state index contributed by atoms with van der Waals surface area (Å²) in [6, 6.07) is 8.11. The molecule has 5 heteroatoms. The second-order valence-electron chi connectivity index (χ2n) is 4.34. The van der Waals surface area contributed by atoms with Gasteiger partial charge in [-0.3, -0.25) is 4.79 Å². The van der Waals surface area contributed by atoms with Gasteiger partial charge >= 0.3 is 0 Å². The first kappa shape index (κ1) is 12.0. The zero-order valence-corrected chi connectivity index (χ0v) is 11.5. The van der Waals surface area contributed by atoms with Crippen LogP contribution in [-0.2, 0) is 4.79 Å². The Morgan fingerprint density at radius 2 is 2.22 bits per heavy atom. The molecule has 0 unspecified atom stereocenters. The molecule has 0 saturated carbocycles. The van der Waals surface area contributed by atoms with Crippen molar-refractivity contribution in [3.05, 3.63) is 24.3 Å². The van der Waals surface area contributed by atoms with Crippen molar-refractivity contribution in [3.8, 4) is 0 Å². The zero-order chi connectivity index (χ0) is 12.4. The summed E-state index contributed by atoms with van der Waals surface area (Å²) in [4.78, 5) is 16.5. The molecule has 0 spiro atoms. The molecule has 1 N–H and O–H groups in total. The average Bonchev–Trinajstić information content (AvgIpc) is 2.68. The number of hydrogen-bond donors (Lipinski definition) is 1. The molecule has 2 heterocycles. The van der Waals surface area contributed by atoms with Gasteiger partial charge in [-0.25, -0.2) is 4.98 Å². The highest BCUT2D eigenvalue weighted by Crippen LogP contribution is 2.34. The monoisotopic (exact) mass is 278 g/mol. The minimum atomic E-state index is 0.0214. The van der Waals surface area contributed by atoms with Crippen molar-refractivity contribution in [3.63, 3.8) is 0 Å². The standard InChI is InChI=1S/C13H14N2OS2/c16-12-11(7-3-4-8-14-12)18-13-15-9-5-1-2-6-10(9)17-13/h1-2,5-6,11H,3-4,7-8H2,(H,14,16)/t11-/m1/s1. The van der Waals surface area contributed by atoms with Crippen LogP contribution in [0.5, 0.6) is 0 Å². The topological polar surface area (TPSA) is 42.0 Å². The maximum atomic E-state index is 11.9. The van der Waals surface area contributed by atoms with Crippen molar-refractivity contribution in [1.82, 2.24) is 10.3 Å². The predicted octanol–water partition coefficient (Wildman–Crippen LogP) is 3.06. The van der Waals surface area contributed by atoms with Crippen molar-refractivity contribution >= 4 is 39.2 Å². The van der Waals surface area contributed by atoms with Gasteiger partial charge in [0.15, 0.2) is 4.34 Å². The van der Waals surface area contributed by atoms with Crippen LogP contribution in [0.15, 0.2) is 28.6 Å². The number of para-hydroxylation sites is 1. The van der Waals surface area contributed by atoms with Gasteiger partial charge in [-0.1, -0.05) is 30.3 Å². The van der Waals surface area contributed by atoms with Crippen molar-refractivity contribution in [2.75, 3.05) is 6.54 Å². The second-order valence-corrected chi connectivity index (χ2v) is 6.82. The molecule has 1 aromatic carbocycles. The minimum Gasteiger partial charge on any atom is -0.355 e. The molecular weight excluding hydrogens is 264 g/mol. The lowest BCUT2D eigenvalue weighted by Gasteiger charge is -2.09. The van der Waals surface area contributed by atoms with Gasteiger partial charge in [0.25, 0.3) is 0 Å². The number of hydrogen-bond acceptors (Lipinski definition) is 4. The lowest BCUT2D eigenvalue weighted by atomic mass is 10.2. The first-order valence-corrected chi connectivity index (χ1v) is 7.82. The summed E-state index contributed by atoms with van der Waals surface area (Å²) in [7, 11) is 0. The smallest absolute Gasteiger partial charge is 0.233 e. The number of rotatable bonds is 2. The molecular formula is C13H14N2OS2. The number of nitrogens with zero attached hydrogens (tertiary/aromatic N) is 1. The highest BCUT2D eigenvalue weighted by atomic mass is 32.2. The lowest BCUT2D eigenvalue weighted by molar-refractivity contribution is -0.120. The molecule has 0 aliphatic carbocycles. The van der Waals surface area contributed by atoms with Crippen molar-refractivity contribution in [2.24, 2.45) is 0 Å². The van der Waals surface area contributed by atoms with Crippen LogP contribution in [0, 0.1) is 0 Å². The van der Waals surface area contributed by atoms with Crippen LogP contribution < -0.4 is 5.32 Å². The fraction of sp³-hybridized carbons (Fsp3) is 0.385. The van der Waals surface area contributed by atoms with E-state index in [1.54, 1.807) is 23.1 Å². The van der Waals surface area contributed by atoms with E-state index in [-0.39, 0.29) is 11.2 Å². The van der Waals surface area contributed by atoms with Crippen LogP contribution in [-0.4, -0.2) is 22.7 Å². The van der Waals surface area contributed by atoms with Gasteiger partial charge in [-0.15, -0.1) is 11.3 Å². The average molecular weight is 278 g/mol. The van der Waals surface area contributed by atoms with Gasteiger partial charge in [-0.05, 0) is 25.0 Å². The minimum absolute atomic E-state index is 0.0214. The van der Waals surface area contributed by atoms with E-state index in [9.17, 15) is 4.79 Å².